The number of para-hydroxylation sites is 8. The van der Waals surface area contributed by atoms with Gasteiger partial charge in [-0.25, -0.2) is 0 Å². The maximum Gasteiger partial charge on any atom is 2.00 e. The molecule has 0 atom stereocenters. The zero-order chi connectivity index (χ0) is 65.1. The molecule has 0 aliphatic rings. The summed E-state index contributed by atoms with van der Waals surface area (Å²) in [6, 6.07) is 99.7. The van der Waals surface area contributed by atoms with Crippen molar-refractivity contribution in [2.24, 2.45) is 25.0 Å². The van der Waals surface area contributed by atoms with Gasteiger partial charge in [0, 0.05) is 81.4 Å². The molecule has 0 aliphatic carbocycles. The van der Waals surface area contributed by atoms with Crippen molar-refractivity contribution in [1.29, 1.82) is 0 Å². The van der Waals surface area contributed by atoms with Crippen LogP contribution in [-0.4, -0.2) is 61.6 Å². The topological polar surface area (TPSA) is 176 Å². The number of nitrogens with zero attached hydrogens (tertiary/aromatic N) is 6. The largest absolute Gasteiger partial charge is 2.00 e. The molecule has 16 heteroatoms. The summed E-state index contributed by atoms with van der Waals surface area (Å²) in [6.45, 7) is 2.01. The molecule has 0 spiro atoms. The van der Waals surface area contributed by atoms with Crippen molar-refractivity contribution in [2.45, 2.75) is 6.92 Å². The zero-order valence-corrected chi connectivity index (χ0v) is 71.7. The summed E-state index contributed by atoms with van der Waals surface area (Å²) in [5, 5.41) is 54.8. The van der Waals surface area contributed by atoms with Gasteiger partial charge in [-0.1, -0.05) is 218 Å². The first-order valence-corrected chi connectivity index (χ1v) is 30.2. The van der Waals surface area contributed by atoms with Gasteiger partial charge in [-0.15, -0.1) is 0 Å². The van der Waals surface area contributed by atoms with Gasteiger partial charge in [0.05, 0.1) is 34.0 Å². The smallest absolute Gasteiger partial charge is 0.507 e. The normalized spacial score (nSPS) is 9.51. The number of aliphatic imine (C=N–C) groups is 5. The van der Waals surface area contributed by atoms with Gasteiger partial charge in [0.1, 0.15) is 28.7 Å². The molecule has 1 heterocycles. The summed E-state index contributed by atoms with van der Waals surface area (Å²) in [4.78, 5) is 26.4. The summed E-state index contributed by atoms with van der Waals surface area (Å²) in [5.41, 5.74) is 11.7. The number of hydrogen-bond donors (Lipinski definition) is 5. The Bertz CT molecular complexity index is 4780. The molecule has 548 valence electrons. The third-order valence-electron chi connectivity index (χ3n) is 14.6. The first kappa shape index (κ1) is 111. The van der Waals surface area contributed by atoms with Crippen LogP contribution >= 0.6 is 0 Å². The Hall–Kier alpha value is -9.29. The standard InChI is InChI=1S/C19H15NO.2C17H13NO.C16H12N2O.C14H13NO.10CH3.5Ti/c21-19-16(14-20-17-11-5-2-6-12-17)10-7-13-18(19)15-8-3-1-4-9-15;19-17-11-4-2-7-14(17)12-18-16-10-5-8-13-6-1-3-9-15(13)16;19-17-11-10-13-6-4-5-9-15(13)16(17)12-18-14-7-2-1-3-8-14;19-15-9-2-1-5-13(15)11-18-14-8-3-6-12-7-4-10-17-16(12)14;1-11-6-2-4-8-13(11)15-10-12-7-3-5-9-14(12)16;;;;;;;;;;;;;;;/h1-14,21H;2*1-12,19H;1-11,19H;2-10,16H,1H3;10*1H3;;;;;/q;;;;;10*-1;5*+2. The van der Waals surface area contributed by atoms with E-state index in [1.807, 2.05) is 268 Å². The molecule has 0 unspecified atom stereocenters. The first-order valence-electron chi connectivity index (χ1n) is 30.2. The number of hydrogen-bond acceptors (Lipinski definition) is 11. The number of fused-ring (bicyclic) bond motifs is 3. The summed E-state index contributed by atoms with van der Waals surface area (Å²) < 4.78 is 0. The molecule has 109 heavy (non-hydrogen) atoms. The van der Waals surface area contributed by atoms with Gasteiger partial charge in [-0.05, 0) is 131 Å². The zero-order valence-electron chi connectivity index (χ0n) is 63.9. The Morgan fingerprint density at radius 2 is 0.624 bits per heavy atom. The number of phenolic OH excluding ortho intramolecular Hbond substituents is 5. The fraction of sp³-hybridized carbons (Fsp3) is 0.0108. The fourth-order valence-corrected chi connectivity index (χ4v) is 9.68. The minimum absolute atomic E-state index is 0. The minimum atomic E-state index is 0. The molecular formula is C93H96N6O5Ti5. The maximum atomic E-state index is 10.4. The SMILES string of the molecule is Cc1ccccc1N=Cc1ccccc1O.Oc1c(C=Nc2ccccc2)cccc1-c1ccccc1.Oc1ccc2ccccc2c1C=Nc1ccccc1.Oc1ccccc1C=Nc1cccc2ccccc12.Oc1ccccc1C=Nc1cccc2cccnc12.[CH3-].[CH3-].[CH3-].[CH3-].[CH3-].[CH3-].[CH3-].[CH3-].[CH3-].[CH3-].[Ti+2].[Ti+2].[Ti+2].[Ti+2].[Ti+2]. The van der Waals surface area contributed by atoms with Gasteiger partial charge in [0.25, 0.3) is 0 Å². The van der Waals surface area contributed by atoms with Crippen molar-refractivity contribution in [1.82, 2.24) is 4.98 Å². The molecular weight excluding hydrogens is 1520 g/mol. The summed E-state index contributed by atoms with van der Waals surface area (Å²) in [5.74, 6) is 1.22. The average Bonchev–Trinajstić information content (AvgIpc) is 0.791. The van der Waals surface area contributed by atoms with Gasteiger partial charge >= 0.3 is 109 Å². The Morgan fingerprint density at radius 3 is 1.15 bits per heavy atom. The van der Waals surface area contributed by atoms with Crippen LogP contribution in [0.25, 0.3) is 43.6 Å². The molecule has 0 fully saturated rings. The number of aryl methyl sites for hydroxylation is 1. The number of rotatable bonds is 11. The quantitative estimate of drug-likeness (QED) is 0.0489. The van der Waals surface area contributed by atoms with Gasteiger partial charge in [0.2, 0.25) is 0 Å². The summed E-state index contributed by atoms with van der Waals surface area (Å²) in [7, 11) is 0. The van der Waals surface area contributed by atoms with E-state index in [0.717, 1.165) is 94.3 Å². The average molecular weight is 1620 g/mol. The molecule has 11 nitrogen and oxygen atoms in total. The second-order valence-electron chi connectivity index (χ2n) is 21.1. The minimum Gasteiger partial charge on any atom is -0.507 e. The molecule has 0 aliphatic heterocycles. The van der Waals surface area contributed by atoms with Crippen molar-refractivity contribution in [3.8, 4) is 39.9 Å². The van der Waals surface area contributed by atoms with Gasteiger partial charge in [-0.3, -0.25) is 29.9 Å². The van der Waals surface area contributed by atoms with E-state index in [1.165, 1.54) is 0 Å². The Balaban J connectivity index is -0.000000295. The number of phenols is 5. The molecule has 14 aromatic rings. The molecule has 0 radical (unpaired) electrons. The molecule has 0 saturated carbocycles. The predicted molar refractivity (Wildman–Crippen MR) is 454 cm³/mol. The monoisotopic (exact) mass is 1620 g/mol. The number of aromatic nitrogens is 1. The molecule has 14 rings (SSSR count). The number of aromatic hydroxyl groups is 5. The van der Waals surface area contributed by atoms with Gasteiger partial charge in [-0.2, -0.15) is 0 Å². The third-order valence-corrected chi connectivity index (χ3v) is 14.6. The van der Waals surface area contributed by atoms with Crippen LogP contribution in [0.1, 0.15) is 33.4 Å². The summed E-state index contributed by atoms with van der Waals surface area (Å²) >= 11 is 0. The van der Waals surface area contributed by atoms with E-state index < -0.39 is 0 Å². The maximum absolute atomic E-state index is 10.4. The van der Waals surface area contributed by atoms with Crippen LogP contribution in [0.3, 0.4) is 0 Å². The Morgan fingerprint density at radius 1 is 0.266 bits per heavy atom. The Kier molecular flexibility index (Phi) is 59.6. The van der Waals surface area contributed by atoms with Crippen molar-refractivity contribution < 1.29 is 134 Å². The number of pyridine rings is 1. The predicted octanol–water partition coefficient (Wildman–Crippen LogP) is 25.0. The van der Waals surface area contributed by atoms with Crippen molar-refractivity contribution in [3.05, 3.63) is 429 Å². The van der Waals surface area contributed by atoms with Crippen LogP contribution in [0.4, 0.5) is 28.4 Å². The molecule has 0 amide bonds. The van der Waals surface area contributed by atoms with Crippen LogP contribution in [0, 0.1) is 81.2 Å². The first-order chi connectivity index (χ1) is 46.1. The van der Waals surface area contributed by atoms with Crippen LogP contribution in [0.5, 0.6) is 28.7 Å². The third kappa shape index (κ3) is 32.8. The molecule has 0 bridgehead atoms. The van der Waals surface area contributed by atoms with E-state index in [1.54, 1.807) is 79.7 Å². The number of benzene rings is 13. The fourth-order valence-electron chi connectivity index (χ4n) is 9.68. The second-order valence-corrected chi connectivity index (χ2v) is 21.1. The van der Waals surface area contributed by atoms with E-state index in [4.69, 9.17) is 0 Å². The summed E-state index contributed by atoms with van der Waals surface area (Å²) in [6.07, 6.45) is 10.2. The van der Waals surface area contributed by atoms with Crippen LogP contribution in [0.15, 0.2) is 347 Å². The van der Waals surface area contributed by atoms with Crippen molar-refractivity contribution in [3.63, 3.8) is 0 Å². The van der Waals surface area contributed by atoms with Crippen LogP contribution in [0.2, 0.25) is 0 Å². The van der Waals surface area contributed by atoms with Crippen molar-refractivity contribution in [2.75, 3.05) is 0 Å². The second kappa shape index (κ2) is 58.7. The molecule has 1 aromatic heterocycles. The van der Waals surface area contributed by atoms with Gasteiger partial charge in [0.15, 0.2) is 0 Å². The van der Waals surface area contributed by atoms with Crippen LogP contribution in [-0.2, 0) is 109 Å². The van der Waals surface area contributed by atoms with Crippen LogP contribution < -0.4 is 0 Å². The molecule has 0 saturated heterocycles. The molecule has 13 aromatic carbocycles. The van der Waals surface area contributed by atoms with E-state index in [0.29, 0.717) is 11.1 Å². The van der Waals surface area contributed by atoms with E-state index in [9.17, 15) is 25.5 Å². The Labute approximate surface area is 725 Å². The van der Waals surface area contributed by atoms with Crippen molar-refractivity contribution >= 4 is 92.0 Å². The molecule has 5 N–H and O–H groups in total. The van der Waals surface area contributed by atoms with Gasteiger partial charge < -0.3 is 99.8 Å². The van der Waals surface area contributed by atoms with E-state index in [-0.39, 0.29) is 212 Å². The van der Waals surface area contributed by atoms with E-state index in [2.05, 4.69) is 42.1 Å². The van der Waals surface area contributed by atoms with E-state index >= 15 is 0 Å².